The summed E-state index contributed by atoms with van der Waals surface area (Å²) in [5, 5.41) is 6.31. The highest BCUT2D eigenvalue weighted by Gasteiger charge is 2.27. The number of hydrogen-bond donors (Lipinski definition) is 2. The van der Waals surface area contributed by atoms with Gasteiger partial charge in [-0.1, -0.05) is 13.8 Å². The molecule has 0 bridgehead atoms. The van der Waals surface area contributed by atoms with Gasteiger partial charge in [-0.05, 0) is 18.3 Å². The van der Waals surface area contributed by atoms with Gasteiger partial charge < -0.3 is 10.6 Å². The molecule has 0 aliphatic carbocycles. The van der Waals surface area contributed by atoms with E-state index in [0.717, 1.165) is 13.1 Å². The Bertz CT molecular complexity index is 180. The summed E-state index contributed by atoms with van der Waals surface area (Å²) in [5.41, 5.74) is 0. The summed E-state index contributed by atoms with van der Waals surface area (Å²) in [7, 11) is 0. The molecule has 13 heavy (non-hydrogen) atoms. The van der Waals surface area contributed by atoms with Crippen LogP contribution in [0.4, 0.5) is 0 Å². The van der Waals surface area contributed by atoms with Crippen LogP contribution in [0.5, 0.6) is 0 Å². The van der Waals surface area contributed by atoms with Crippen molar-refractivity contribution in [1.82, 2.24) is 10.6 Å². The van der Waals surface area contributed by atoms with E-state index in [4.69, 9.17) is 0 Å². The minimum Gasteiger partial charge on any atom is -0.352 e. The Hall–Kier alpha value is -0.570. The maximum atomic E-state index is 10.9. The van der Waals surface area contributed by atoms with E-state index in [1.165, 1.54) is 6.42 Å². The third kappa shape index (κ3) is 3.35. The first-order valence-corrected chi connectivity index (χ1v) is 5.07. The van der Waals surface area contributed by atoms with E-state index >= 15 is 0 Å². The third-order valence-electron chi connectivity index (χ3n) is 2.50. The van der Waals surface area contributed by atoms with Gasteiger partial charge in [0.1, 0.15) is 0 Å². The van der Waals surface area contributed by atoms with E-state index in [1.807, 2.05) is 0 Å². The fourth-order valence-electron chi connectivity index (χ4n) is 2.02. The first-order chi connectivity index (χ1) is 6.09. The van der Waals surface area contributed by atoms with Crippen molar-refractivity contribution < 1.29 is 4.79 Å². The largest absolute Gasteiger partial charge is 0.352 e. The van der Waals surface area contributed by atoms with Crippen molar-refractivity contribution >= 4 is 5.91 Å². The lowest BCUT2D eigenvalue weighted by Gasteiger charge is -2.20. The molecule has 0 aromatic carbocycles. The topological polar surface area (TPSA) is 41.1 Å². The minimum atomic E-state index is 0.0856. The van der Waals surface area contributed by atoms with Crippen LogP contribution in [0.3, 0.4) is 0 Å². The summed E-state index contributed by atoms with van der Waals surface area (Å²) in [6, 6.07) is 0.347. The molecular formula is C10H20N2O. The van der Waals surface area contributed by atoms with Gasteiger partial charge in [0, 0.05) is 26.1 Å². The molecule has 0 unspecified atom stereocenters. The zero-order valence-corrected chi connectivity index (χ0v) is 8.76. The Balaban J connectivity index is 2.39. The van der Waals surface area contributed by atoms with Crippen molar-refractivity contribution in [3.05, 3.63) is 0 Å². The lowest BCUT2D eigenvalue weighted by molar-refractivity contribution is -0.119. The Labute approximate surface area is 80.3 Å². The van der Waals surface area contributed by atoms with Crippen molar-refractivity contribution in [2.45, 2.75) is 33.2 Å². The summed E-state index contributed by atoms with van der Waals surface area (Å²) in [4.78, 5) is 10.9. The van der Waals surface area contributed by atoms with Crippen molar-refractivity contribution in [2.75, 3.05) is 13.1 Å². The molecule has 76 valence electrons. The molecule has 1 fully saturated rings. The number of carbonyl (C=O) groups is 1. The van der Waals surface area contributed by atoms with Crippen LogP contribution >= 0.6 is 0 Å². The number of rotatable bonds is 3. The average molecular weight is 184 g/mol. The van der Waals surface area contributed by atoms with Crippen LogP contribution in [-0.4, -0.2) is 25.0 Å². The highest BCUT2D eigenvalue weighted by atomic mass is 16.1. The zero-order chi connectivity index (χ0) is 9.84. The summed E-state index contributed by atoms with van der Waals surface area (Å²) in [6.45, 7) is 8.01. The van der Waals surface area contributed by atoms with Gasteiger partial charge in [-0.3, -0.25) is 4.79 Å². The van der Waals surface area contributed by atoms with Gasteiger partial charge in [-0.25, -0.2) is 0 Å². The summed E-state index contributed by atoms with van der Waals surface area (Å²) in [5.74, 6) is 1.41. The molecule has 1 saturated heterocycles. The van der Waals surface area contributed by atoms with Gasteiger partial charge in [-0.15, -0.1) is 0 Å². The van der Waals surface area contributed by atoms with Gasteiger partial charge in [-0.2, -0.15) is 0 Å². The highest BCUT2D eigenvalue weighted by molar-refractivity contribution is 5.73. The van der Waals surface area contributed by atoms with Crippen LogP contribution in [0.1, 0.15) is 27.2 Å². The molecule has 1 aliphatic rings. The Kier molecular flexibility index (Phi) is 3.72. The summed E-state index contributed by atoms with van der Waals surface area (Å²) < 4.78 is 0. The van der Waals surface area contributed by atoms with E-state index in [2.05, 4.69) is 24.5 Å². The second-order valence-corrected chi connectivity index (χ2v) is 4.35. The van der Waals surface area contributed by atoms with Gasteiger partial charge in [0.25, 0.3) is 0 Å². The Morgan fingerprint density at radius 1 is 1.54 bits per heavy atom. The third-order valence-corrected chi connectivity index (χ3v) is 2.50. The lowest BCUT2D eigenvalue weighted by Crippen LogP contribution is -2.39. The Morgan fingerprint density at radius 3 is 2.77 bits per heavy atom. The van der Waals surface area contributed by atoms with Gasteiger partial charge in [0.2, 0.25) is 5.91 Å². The van der Waals surface area contributed by atoms with Crippen LogP contribution in [0, 0.1) is 11.8 Å². The summed E-state index contributed by atoms with van der Waals surface area (Å²) in [6.07, 6.45) is 1.19. The lowest BCUT2D eigenvalue weighted by atomic mass is 9.93. The molecular weight excluding hydrogens is 164 g/mol. The maximum absolute atomic E-state index is 10.9. The predicted octanol–water partition coefficient (Wildman–Crippen LogP) is 0.757. The van der Waals surface area contributed by atoms with Crippen LogP contribution < -0.4 is 10.6 Å². The monoisotopic (exact) mass is 184 g/mol. The van der Waals surface area contributed by atoms with E-state index in [1.54, 1.807) is 6.92 Å². The van der Waals surface area contributed by atoms with E-state index in [0.29, 0.717) is 17.9 Å². The fourth-order valence-corrected chi connectivity index (χ4v) is 2.02. The molecule has 1 amide bonds. The first kappa shape index (κ1) is 10.5. The molecule has 2 atom stereocenters. The molecule has 0 aromatic heterocycles. The standard InChI is InChI=1S/C10H20N2O/c1-7(2)4-9-5-11-6-10(9)12-8(3)13/h7,9-11H,4-6H2,1-3H3,(H,12,13)/t9-,10+/m0/s1. The number of nitrogens with one attached hydrogen (secondary N) is 2. The molecule has 1 heterocycles. The van der Waals surface area contributed by atoms with Gasteiger partial charge in [0.15, 0.2) is 0 Å². The highest BCUT2D eigenvalue weighted by Crippen LogP contribution is 2.18. The van der Waals surface area contributed by atoms with Gasteiger partial charge in [0.05, 0.1) is 0 Å². The van der Waals surface area contributed by atoms with Crippen LogP contribution in [0.15, 0.2) is 0 Å². The van der Waals surface area contributed by atoms with Crippen molar-refractivity contribution in [1.29, 1.82) is 0 Å². The minimum absolute atomic E-state index is 0.0856. The molecule has 0 aromatic rings. The predicted molar refractivity (Wildman–Crippen MR) is 53.4 cm³/mol. The van der Waals surface area contributed by atoms with Crippen LogP contribution in [-0.2, 0) is 4.79 Å². The van der Waals surface area contributed by atoms with Crippen molar-refractivity contribution in [3.8, 4) is 0 Å². The van der Waals surface area contributed by atoms with Crippen molar-refractivity contribution in [3.63, 3.8) is 0 Å². The maximum Gasteiger partial charge on any atom is 0.217 e. The SMILES string of the molecule is CC(=O)N[C@@H]1CNC[C@@H]1CC(C)C. The average Bonchev–Trinajstić information content (AvgIpc) is 2.34. The molecule has 1 rings (SSSR count). The van der Waals surface area contributed by atoms with Gasteiger partial charge >= 0.3 is 0 Å². The molecule has 1 aliphatic heterocycles. The van der Waals surface area contributed by atoms with E-state index in [-0.39, 0.29) is 5.91 Å². The van der Waals surface area contributed by atoms with Crippen LogP contribution in [0.25, 0.3) is 0 Å². The molecule has 0 radical (unpaired) electrons. The summed E-state index contributed by atoms with van der Waals surface area (Å²) >= 11 is 0. The molecule has 2 N–H and O–H groups in total. The molecule has 0 spiro atoms. The second-order valence-electron chi connectivity index (χ2n) is 4.35. The normalized spacial score (nSPS) is 28.0. The number of carbonyl (C=O) groups excluding carboxylic acids is 1. The quantitative estimate of drug-likeness (QED) is 0.680. The molecule has 3 heteroatoms. The number of amides is 1. The number of hydrogen-bond acceptors (Lipinski definition) is 2. The van der Waals surface area contributed by atoms with E-state index in [9.17, 15) is 4.79 Å². The van der Waals surface area contributed by atoms with E-state index < -0.39 is 0 Å². The van der Waals surface area contributed by atoms with Crippen LogP contribution in [0.2, 0.25) is 0 Å². The van der Waals surface area contributed by atoms with Crippen molar-refractivity contribution in [2.24, 2.45) is 11.8 Å². The second kappa shape index (κ2) is 4.61. The fraction of sp³-hybridized carbons (Fsp3) is 0.900. The first-order valence-electron chi connectivity index (χ1n) is 5.07. The zero-order valence-electron chi connectivity index (χ0n) is 8.76. The molecule has 0 saturated carbocycles. The smallest absolute Gasteiger partial charge is 0.217 e. The molecule has 3 nitrogen and oxygen atoms in total. The Morgan fingerprint density at radius 2 is 2.23 bits per heavy atom.